The van der Waals surface area contributed by atoms with Gasteiger partial charge in [-0.3, -0.25) is 0 Å². The van der Waals surface area contributed by atoms with Gasteiger partial charge in [0.05, 0.1) is 0 Å². The second-order valence-electron chi connectivity index (χ2n) is 6.24. The van der Waals surface area contributed by atoms with Crippen LogP contribution in [0.15, 0.2) is 54.6 Å². The van der Waals surface area contributed by atoms with Gasteiger partial charge in [0, 0.05) is 13.0 Å². The third-order valence-electron chi connectivity index (χ3n) is 4.45. The van der Waals surface area contributed by atoms with E-state index in [2.05, 4.69) is 22.2 Å². The molecule has 0 unspecified atom stereocenters. The van der Waals surface area contributed by atoms with E-state index >= 15 is 0 Å². The lowest BCUT2D eigenvalue weighted by atomic mass is 10.1. The number of aromatic nitrogens is 3. The van der Waals surface area contributed by atoms with Crippen molar-refractivity contribution in [2.45, 2.75) is 31.8 Å². The van der Waals surface area contributed by atoms with Crippen molar-refractivity contribution in [3.8, 4) is 5.69 Å². The second kappa shape index (κ2) is 7.15. The molecular formula is C20H20FN3O. The predicted molar refractivity (Wildman–Crippen MR) is 93.1 cm³/mol. The largest absolute Gasteiger partial charge is 0.370 e. The minimum atomic E-state index is -0.304. The van der Waals surface area contributed by atoms with Gasteiger partial charge in [-0.25, -0.2) is 14.1 Å². The van der Waals surface area contributed by atoms with Gasteiger partial charge >= 0.3 is 0 Å². The Balaban J connectivity index is 1.65. The van der Waals surface area contributed by atoms with Crippen LogP contribution in [0.4, 0.5) is 4.39 Å². The summed E-state index contributed by atoms with van der Waals surface area (Å²) in [7, 11) is 0. The van der Waals surface area contributed by atoms with E-state index < -0.39 is 0 Å². The molecule has 4 nitrogen and oxygen atoms in total. The summed E-state index contributed by atoms with van der Waals surface area (Å²) < 4.78 is 21.7. The molecule has 4 rings (SSSR count). The fourth-order valence-corrected chi connectivity index (χ4v) is 3.17. The number of aryl methyl sites for hydroxylation is 2. The molecule has 1 saturated heterocycles. The Morgan fingerprint density at radius 1 is 1.04 bits per heavy atom. The maximum atomic E-state index is 14.3. The van der Waals surface area contributed by atoms with Crippen LogP contribution in [0.2, 0.25) is 0 Å². The van der Waals surface area contributed by atoms with Crippen LogP contribution in [0.1, 0.15) is 36.2 Å². The molecule has 1 aromatic heterocycles. The molecule has 0 N–H and O–H groups in total. The first kappa shape index (κ1) is 16.0. The van der Waals surface area contributed by atoms with Gasteiger partial charge in [0.25, 0.3) is 0 Å². The van der Waals surface area contributed by atoms with E-state index in [0.29, 0.717) is 24.5 Å². The van der Waals surface area contributed by atoms with Crippen molar-refractivity contribution in [3.63, 3.8) is 0 Å². The maximum absolute atomic E-state index is 14.3. The Kier molecular flexibility index (Phi) is 4.57. The van der Waals surface area contributed by atoms with Gasteiger partial charge in [-0.15, -0.1) is 0 Å². The van der Waals surface area contributed by atoms with E-state index in [4.69, 9.17) is 4.74 Å². The highest BCUT2D eigenvalue weighted by molar-refractivity contribution is 5.34. The third kappa shape index (κ3) is 3.46. The van der Waals surface area contributed by atoms with Crippen molar-refractivity contribution in [2.24, 2.45) is 0 Å². The summed E-state index contributed by atoms with van der Waals surface area (Å²) in [6, 6.07) is 16.9. The number of ether oxygens (including phenoxy) is 1. The molecule has 0 radical (unpaired) electrons. The summed E-state index contributed by atoms with van der Waals surface area (Å²) in [6.07, 6.45) is 3.34. The topological polar surface area (TPSA) is 39.9 Å². The zero-order valence-corrected chi connectivity index (χ0v) is 13.9. The molecule has 2 heterocycles. The zero-order chi connectivity index (χ0) is 17.1. The molecular weight excluding hydrogens is 317 g/mol. The Morgan fingerprint density at radius 2 is 1.84 bits per heavy atom. The van der Waals surface area contributed by atoms with Gasteiger partial charge in [-0.1, -0.05) is 42.5 Å². The van der Waals surface area contributed by atoms with E-state index in [1.807, 2.05) is 24.3 Å². The van der Waals surface area contributed by atoms with Gasteiger partial charge in [-0.2, -0.15) is 5.10 Å². The Morgan fingerprint density at radius 3 is 2.60 bits per heavy atom. The number of rotatable bonds is 5. The van der Waals surface area contributed by atoms with Crippen molar-refractivity contribution in [1.29, 1.82) is 0 Å². The van der Waals surface area contributed by atoms with Crippen LogP contribution in [0.3, 0.4) is 0 Å². The normalized spacial score (nSPS) is 17.1. The van der Waals surface area contributed by atoms with Crippen molar-refractivity contribution in [3.05, 3.63) is 77.6 Å². The average Bonchev–Trinajstić information content (AvgIpc) is 3.31. The van der Waals surface area contributed by atoms with Crippen LogP contribution in [0.25, 0.3) is 5.69 Å². The molecule has 1 atom stereocenters. The Labute approximate surface area is 146 Å². The number of hydrogen-bond acceptors (Lipinski definition) is 3. The first-order chi connectivity index (χ1) is 12.3. The van der Waals surface area contributed by atoms with Crippen molar-refractivity contribution in [2.75, 3.05) is 6.61 Å². The van der Waals surface area contributed by atoms with Crippen LogP contribution < -0.4 is 0 Å². The summed E-state index contributed by atoms with van der Waals surface area (Å²) in [5.74, 6) is 1.12. The van der Waals surface area contributed by atoms with Crippen LogP contribution in [-0.4, -0.2) is 21.4 Å². The van der Waals surface area contributed by atoms with E-state index in [-0.39, 0.29) is 11.9 Å². The highest BCUT2D eigenvalue weighted by Gasteiger charge is 2.26. The lowest BCUT2D eigenvalue weighted by Crippen LogP contribution is -2.09. The summed E-state index contributed by atoms with van der Waals surface area (Å²) in [5.41, 5.74) is 1.66. The zero-order valence-electron chi connectivity index (χ0n) is 13.9. The lowest BCUT2D eigenvalue weighted by molar-refractivity contribution is 0.103. The first-order valence-corrected chi connectivity index (χ1v) is 8.67. The fraction of sp³-hybridized carbons (Fsp3) is 0.300. The minimum Gasteiger partial charge on any atom is -0.370 e. The molecule has 0 saturated carbocycles. The van der Waals surface area contributed by atoms with Crippen LogP contribution in [-0.2, 0) is 17.6 Å². The SMILES string of the molecule is Fc1ccccc1-n1nc(CCc2ccccc2)nc1[C@H]1CCCO1. The van der Waals surface area contributed by atoms with E-state index in [1.54, 1.807) is 16.8 Å². The molecule has 1 fully saturated rings. The summed E-state index contributed by atoms with van der Waals surface area (Å²) in [6.45, 7) is 0.716. The van der Waals surface area contributed by atoms with Crippen molar-refractivity contribution in [1.82, 2.24) is 14.8 Å². The number of para-hydroxylation sites is 1. The van der Waals surface area contributed by atoms with Crippen LogP contribution >= 0.6 is 0 Å². The predicted octanol–water partition coefficient (Wildman–Crippen LogP) is 4.04. The fourth-order valence-electron chi connectivity index (χ4n) is 3.17. The molecule has 1 aliphatic rings. The molecule has 0 aliphatic carbocycles. The molecule has 3 aromatic rings. The van der Waals surface area contributed by atoms with Crippen LogP contribution in [0.5, 0.6) is 0 Å². The van der Waals surface area contributed by atoms with E-state index in [0.717, 1.165) is 25.1 Å². The molecule has 2 aromatic carbocycles. The quantitative estimate of drug-likeness (QED) is 0.705. The molecule has 0 spiro atoms. The highest BCUT2D eigenvalue weighted by atomic mass is 19.1. The second-order valence-corrected chi connectivity index (χ2v) is 6.24. The van der Waals surface area contributed by atoms with Gasteiger partial charge in [0.15, 0.2) is 11.6 Å². The average molecular weight is 337 g/mol. The summed E-state index contributed by atoms with van der Waals surface area (Å²) >= 11 is 0. The standard InChI is InChI=1S/C20H20FN3O/c21-16-9-4-5-10-17(16)24-20(18-11-6-14-25-18)22-19(23-24)13-12-15-7-2-1-3-8-15/h1-5,7-10,18H,6,11-14H2/t18-/m1/s1. The number of benzene rings is 2. The molecule has 25 heavy (non-hydrogen) atoms. The van der Waals surface area contributed by atoms with Gasteiger partial charge in [0.2, 0.25) is 0 Å². The molecule has 1 aliphatic heterocycles. The smallest absolute Gasteiger partial charge is 0.161 e. The summed E-state index contributed by atoms with van der Waals surface area (Å²) in [4.78, 5) is 4.68. The molecule has 5 heteroatoms. The lowest BCUT2D eigenvalue weighted by Gasteiger charge is -2.11. The van der Waals surface area contributed by atoms with Crippen LogP contribution in [0, 0.1) is 5.82 Å². The molecule has 128 valence electrons. The monoisotopic (exact) mass is 337 g/mol. The van der Waals surface area contributed by atoms with Gasteiger partial charge in [0.1, 0.15) is 17.6 Å². The van der Waals surface area contributed by atoms with Crippen molar-refractivity contribution < 1.29 is 9.13 Å². The maximum Gasteiger partial charge on any atom is 0.161 e. The number of hydrogen-bond donors (Lipinski definition) is 0. The Bertz CT molecular complexity index is 841. The molecule has 0 amide bonds. The number of nitrogens with zero attached hydrogens (tertiary/aromatic N) is 3. The van der Waals surface area contributed by atoms with Gasteiger partial charge < -0.3 is 4.74 Å². The van der Waals surface area contributed by atoms with E-state index in [9.17, 15) is 4.39 Å². The Hall–Kier alpha value is -2.53. The highest BCUT2D eigenvalue weighted by Crippen LogP contribution is 2.29. The third-order valence-corrected chi connectivity index (χ3v) is 4.45. The van der Waals surface area contributed by atoms with Crippen molar-refractivity contribution >= 4 is 0 Å². The summed E-state index contributed by atoms with van der Waals surface area (Å²) in [5, 5.41) is 4.59. The molecule has 0 bridgehead atoms. The first-order valence-electron chi connectivity index (χ1n) is 8.67. The minimum absolute atomic E-state index is 0.113. The van der Waals surface area contributed by atoms with E-state index in [1.165, 1.54) is 11.6 Å². The number of halogens is 1. The van der Waals surface area contributed by atoms with Gasteiger partial charge in [-0.05, 0) is 37.0 Å².